The van der Waals surface area contributed by atoms with Gasteiger partial charge in [0, 0.05) is 25.2 Å². The fourth-order valence-corrected chi connectivity index (χ4v) is 2.69. The number of nitrogens with zero attached hydrogens (tertiary/aromatic N) is 3. The van der Waals surface area contributed by atoms with Crippen LogP contribution in [-0.4, -0.2) is 14.9 Å². The summed E-state index contributed by atoms with van der Waals surface area (Å²) in [7, 11) is 0. The minimum absolute atomic E-state index is 0.220. The summed E-state index contributed by atoms with van der Waals surface area (Å²) in [5.41, 5.74) is 14.4. The van der Waals surface area contributed by atoms with Crippen LogP contribution in [-0.2, 0) is 19.6 Å². The lowest BCUT2D eigenvalue weighted by atomic mass is 10.2. The second kappa shape index (κ2) is 5.09. The van der Waals surface area contributed by atoms with Crippen LogP contribution in [0.25, 0.3) is 0 Å². The van der Waals surface area contributed by atoms with Crippen LogP contribution >= 0.6 is 23.2 Å². The Morgan fingerprint density at radius 1 is 1.10 bits per heavy atom. The molecule has 1 aromatic carbocycles. The molecule has 0 saturated carbocycles. The smallest absolute Gasteiger partial charge is 0.222 e. The molecule has 0 saturated heterocycles. The number of fused-ring (bicyclic) bond motifs is 1. The molecule has 0 aliphatic carbocycles. The van der Waals surface area contributed by atoms with E-state index in [4.69, 9.17) is 34.7 Å². The second-order valence-electron chi connectivity index (χ2n) is 4.79. The number of nitrogen functional groups attached to an aromatic ring is 2. The lowest BCUT2D eigenvalue weighted by molar-refractivity contribution is 0.274. The van der Waals surface area contributed by atoms with Gasteiger partial charge in [0.15, 0.2) is 0 Å². The Balaban J connectivity index is 1.78. The minimum Gasteiger partial charge on any atom is -0.383 e. The maximum absolute atomic E-state index is 6.03. The maximum atomic E-state index is 6.03. The summed E-state index contributed by atoms with van der Waals surface area (Å²) in [6, 6.07) is 5.63. The van der Waals surface area contributed by atoms with E-state index in [0.717, 1.165) is 23.4 Å². The Hall–Kier alpha value is -1.56. The summed E-state index contributed by atoms with van der Waals surface area (Å²) in [4.78, 5) is 10.4. The molecule has 0 spiro atoms. The van der Waals surface area contributed by atoms with E-state index in [2.05, 4.69) is 14.9 Å². The van der Waals surface area contributed by atoms with E-state index < -0.39 is 0 Å². The number of hydrogen-bond acceptors (Lipinski definition) is 5. The van der Waals surface area contributed by atoms with E-state index in [1.54, 1.807) is 6.07 Å². The van der Waals surface area contributed by atoms with Gasteiger partial charge < -0.3 is 11.5 Å². The third-order valence-electron chi connectivity index (χ3n) is 3.29. The summed E-state index contributed by atoms with van der Waals surface area (Å²) < 4.78 is 0. The van der Waals surface area contributed by atoms with E-state index in [0.29, 0.717) is 29.0 Å². The molecule has 0 amide bonds. The summed E-state index contributed by atoms with van der Waals surface area (Å²) in [6.45, 7) is 2.15. The number of hydrogen-bond donors (Lipinski definition) is 2. The zero-order valence-electron chi connectivity index (χ0n) is 10.6. The Kier molecular flexibility index (Phi) is 3.41. The first kappa shape index (κ1) is 13.4. The monoisotopic (exact) mass is 309 g/mol. The van der Waals surface area contributed by atoms with Crippen LogP contribution < -0.4 is 11.5 Å². The highest BCUT2D eigenvalue weighted by Gasteiger charge is 2.24. The van der Waals surface area contributed by atoms with Gasteiger partial charge in [-0.15, -0.1) is 0 Å². The highest BCUT2D eigenvalue weighted by Crippen LogP contribution is 2.28. The van der Waals surface area contributed by atoms with Crippen molar-refractivity contribution in [2.75, 3.05) is 11.5 Å². The summed E-state index contributed by atoms with van der Waals surface area (Å²) in [5, 5.41) is 1.12. The van der Waals surface area contributed by atoms with Crippen molar-refractivity contribution in [3.8, 4) is 0 Å². The molecule has 1 aromatic heterocycles. The first-order valence-corrected chi connectivity index (χ1v) is 6.85. The lowest BCUT2D eigenvalue weighted by Gasteiger charge is -2.14. The van der Waals surface area contributed by atoms with Crippen LogP contribution in [0.3, 0.4) is 0 Å². The molecule has 0 unspecified atom stereocenters. The number of anilines is 2. The molecule has 2 aromatic rings. The van der Waals surface area contributed by atoms with Gasteiger partial charge in [0.25, 0.3) is 0 Å². The van der Waals surface area contributed by atoms with Gasteiger partial charge in [-0.3, -0.25) is 4.90 Å². The van der Waals surface area contributed by atoms with Crippen LogP contribution in [0.15, 0.2) is 18.2 Å². The second-order valence-corrected chi connectivity index (χ2v) is 5.60. The van der Waals surface area contributed by atoms with E-state index in [9.17, 15) is 0 Å². The standard InChI is InChI=1S/C13H13Cl2N5/c14-9-2-1-7(3-10(9)15)4-20-5-8-11(6-20)18-13(17)19-12(8)16/h1-3H,4-6H2,(H4,16,17,18,19). The molecule has 20 heavy (non-hydrogen) atoms. The quantitative estimate of drug-likeness (QED) is 0.890. The Bertz CT molecular complexity index is 674. The van der Waals surface area contributed by atoms with Crippen molar-refractivity contribution in [2.45, 2.75) is 19.6 Å². The molecule has 1 aliphatic heterocycles. The first-order chi connectivity index (χ1) is 9.52. The highest BCUT2D eigenvalue weighted by atomic mass is 35.5. The van der Waals surface area contributed by atoms with Crippen molar-refractivity contribution < 1.29 is 0 Å². The number of rotatable bonds is 2. The van der Waals surface area contributed by atoms with Crippen molar-refractivity contribution in [1.82, 2.24) is 14.9 Å². The predicted octanol–water partition coefficient (Wildman–Crippen LogP) is 2.46. The van der Waals surface area contributed by atoms with Crippen LogP contribution in [0.2, 0.25) is 10.0 Å². The normalized spacial score (nSPS) is 14.5. The van der Waals surface area contributed by atoms with Gasteiger partial charge in [0.2, 0.25) is 5.95 Å². The van der Waals surface area contributed by atoms with Gasteiger partial charge in [0.1, 0.15) is 5.82 Å². The van der Waals surface area contributed by atoms with E-state index in [1.807, 2.05) is 12.1 Å². The fraction of sp³-hybridized carbons (Fsp3) is 0.231. The average Bonchev–Trinajstić information content (AvgIpc) is 2.76. The topological polar surface area (TPSA) is 81.1 Å². The number of benzene rings is 1. The number of halogens is 2. The molecule has 2 heterocycles. The van der Waals surface area contributed by atoms with Crippen molar-refractivity contribution in [2.24, 2.45) is 0 Å². The van der Waals surface area contributed by atoms with Crippen molar-refractivity contribution in [1.29, 1.82) is 0 Å². The SMILES string of the molecule is Nc1nc(N)c2c(n1)CN(Cc1ccc(Cl)c(Cl)c1)C2. The van der Waals surface area contributed by atoms with Gasteiger partial charge >= 0.3 is 0 Å². The largest absolute Gasteiger partial charge is 0.383 e. The van der Waals surface area contributed by atoms with Crippen LogP contribution in [0.4, 0.5) is 11.8 Å². The van der Waals surface area contributed by atoms with E-state index >= 15 is 0 Å². The zero-order valence-corrected chi connectivity index (χ0v) is 12.1. The summed E-state index contributed by atoms with van der Waals surface area (Å²) in [6.07, 6.45) is 0. The van der Waals surface area contributed by atoms with Gasteiger partial charge in [-0.05, 0) is 17.7 Å². The molecule has 3 rings (SSSR count). The zero-order chi connectivity index (χ0) is 14.3. The lowest BCUT2D eigenvalue weighted by Crippen LogP contribution is -2.15. The Morgan fingerprint density at radius 2 is 1.90 bits per heavy atom. The molecule has 0 bridgehead atoms. The molecule has 7 heteroatoms. The van der Waals surface area contributed by atoms with Crippen molar-refractivity contribution >= 4 is 35.0 Å². The summed E-state index contributed by atoms with van der Waals surface area (Å²) >= 11 is 11.9. The van der Waals surface area contributed by atoms with Crippen molar-refractivity contribution in [3.63, 3.8) is 0 Å². The molecule has 104 valence electrons. The molecule has 5 nitrogen and oxygen atoms in total. The van der Waals surface area contributed by atoms with Crippen molar-refractivity contribution in [3.05, 3.63) is 45.1 Å². The fourth-order valence-electron chi connectivity index (χ4n) is 2.37. The highest BCUT2D eigenvalue weighted by molar-refractivity contribution is 6.42. The van der Waals surface area contributed by atoms with Gasteiger partial charge in [-0.1, -0.05) is 29.3 Å². The van der Waals surface area contributed by atoms with Crippen LogP contribution in [0.5, 0.6) is 0 Å². The maximum Gasteiger partial charge on any atom is 0.222 e. The minimum atomic E-state index is 0.220. The Labute approximate surface area is 126 Å². The molecule has 1 aliphatic rings. The van der Waals surface area contributed by atoms with Crippen LogP contribution in [0.1, 0.15) is 16.8 Å². The van der Waals surface area contributed by atoms with Gasteiger partial charge in [-0.2, -0.15) is 4.98 Å². The molecule has 4 N–H and O–H groups in total. The third kappa shape index (κ3) is 2.52. The number of nitrogens with two attached hydrogens (primary N) is 2. The molecule has 0 atom stereocenters. The molecule has 0 radical (unpaired) electrons. The summed E-state index contributed by atoms with van der Waals surface area (Å²) in [5.74, 6) is 0.682. The third-order valence-corrected chi connectivity index (χ3v) is 4.03. The number of aromatic nitrogens is 2. The van der Waals surface area contributed by atoms with Gasteiger partial charge in [-0.25, -0.2) is 4.98 Å². The van der Waals surface area contributed by atoms with Crippen LogP contribution in [0, 0.1) is 0 Å². The molecular weight excluding hydrogens is 297 g/mol. The van der Waals surface area contributed by atoms with E-state index in [-0.39, 0.29) is 5.95 Å². The molecule has 0 fully saturated rings. The first-order valence-electron chi connectivity index (χ1n) is 6.10. The Morgan fingerprint density at radius 3 is 2.65 bits per heavy atom. The average molecular weight is 310 g/mol. The van der Waals surface area contributed by atoms with Gasteiger partial charge in [0.05, 0.1) is 15.7 Å². The van der Waals surface area contributed by atoms with E-state index in [1.165, 1.54) is 0 Å². The predicted molar refractivity (Wildman–Crippen MR) is 80.3 cm³/mol. The molecular formula is C13H13Cl2N5.